The number of rotatable bonds is 10. The third-order valence-electron chi connectivity index (χ3n) is 7.47. The molecule has 0 amide bonds. The Kier molecular flexibility index (Phi) is 10.7. The number of halogens is 1. The molecule has 1 saturated heterocycles. The molecule has 2 unspecified atom stereocenters. The Bertz CT molecular complexity index is 1400. The zero-order valence-electron chi connectivity index (χ0n) is 22.8. The maximum atomic E-state index is 10.7. The quantitative estimate of drug-likeness (QED) is 0.0887. The molecule has 3 heterocycles. The van der Waals surface area contributed by atoms with Crippen molar-refractivity contribution in [3.8, 4) is 11.4 Å². The molecule has 4 aromatic rings. The summed E-state index contributed by atoms with van der Waals surface area (Å²) in [6.07, 6.45) is 4.23. The van der Waals surface area contributed by atoms with Gasteiger partial charge in [0, 0.05) is 41.7 Å². The zero-order chi connectivity index (χ0) is 26.2. The van der Waals surface area contributed by atoms with E-state index in [2.05, 4.69) is 58.2 Å². The van der Waals surface area contributed by atoms with Gasteiger partial charge in [0.15, 0.2) is 0 Å². The van der Waals surface area contributed by atoms with Gasteiger partial charge in [0.2, 0.25) is 0 Å². The van der Waals surface area contributed by atoms with Gasteiger partial charge in [0.1, 0.15) is 0 Å². The summed E-state index contributed by atoms with van der Waals surface area (Å²) in [6, 6.07) is 13.8. The summed E-state index contributed by atoms with van der Waals surface area (Å²) in [5, 5.41) is 15.5. The van der Waals surface area contributed by atoms with E-state index in [0.717, 1.165) is 29.0 Å². The summed E-state index contributed by atoms with van der Waals surface area (Å²) in [4.78, 5) is 2.31. The van der Waals surface area contributed by atoms with Crippen LogP contribution < -0.4 is 30.7 Å². The van der Waals surface area contributed by atoms with Crippen LogP contribution in [0.3, 0.4) is 0 Å². The number of hydrogen-bond acceptors (Lipinski definition) is 5. The van der Waals surface area contributed by atoms with Crippen molar-refractivity contribution in [2.24, 2.45) is 5.92 Å². The van der Waals surface area contributed by atoms with Crippen molar-refractivity contribution in [1.29, 1.82) is 0 Å². The molecular weight excluding hydrogens is 736 g/mol. The van der Waals surface area contributed by atoms with Crippen LogP contribution in [-0.4, -0.2) is 40.7 Å². The molecule has 0 bridgehead atoms. The van der Waals surface area contributed by atoms with Gasteiger partial charge in [-0.25, -0.2) is 0 Å². The van der Waals surface area contributed by atoms with Crippen molar-refractivity contribution in [2.75, 3.05) is 18.3 Å². The second kappa shape index (κ2) is 13.2. The molecule has 0 radical (unpaired) electrons. The minimum atomic E-state index is -1.15. The molecule has 1 N–H and O–H groups in total. The van der Waals surface area contributed by atoms with E-state index in [0.29, 0.717) is 6.61 Å². The van der Waals surface area contributed by atoms with Crippen molar-refractivity contribution >= 4 is 44.8 Å². The number of alkyl halides is 1. The van der Waals surface area contributed by atoms with Gasteiger partial charge in [-0.3, -0.25) is 0 Å². The standard InChI is InChI=1S/C29H36BINO4S.Ce/c1-6-8-9-20-10-12-24-22(14-20)23-15-21(31-5)11-13-25(23)32(24)26-17-37-28(27(26)35-18-34-7-2)30-16-19(3)29(4,33)36-30;/h10-15,17,19,33H,6-9,16,18H2,1-5H3;/q-1;. The summed E-state index contributed by atoms with van der Waals surface area (Å²) < 4.78 is 22.8. The second-order valence-electron chi connectivity index (χ2n) is 10.0. The van der Waals surface area contributed by atoms with Crippen molar-refractivity contribution in [2.45, 2.75) is 59.1 Å². The van der Waals surface area contributed by atoms with Crippen LogP contribution in [0.5, 0.6) is 5.75 Å². The number of aromatic nitrogens is 1. The van der Waals surface area contributed by atoms with E-state index in [1.807, 2.05) is 13.8 Å². The summed E-state index contributed by atoms with van der Waals surface area (Å²) in [5.74, 6) is -0.324. The van der Waals surface area contributed by atoms with Crippen molar-refractivity contribution in [1.82, 2.24) is 4.57 Å². The number of aryl methyl sites for hydroxylation is 1. The van der Waals surface area contributed by atoms with E-state index in [1.54, 1.807) is 18.3 Å². The first-order valence-electron chi connectivity index (χ1n) is 13.2. The minimum absolute atomic E-state index is 0. The van der Waals surface area contributed by atoms with Crippen molar-refractivity contribution in [3.05, 3.63) is 50.9 Å². The molecule has 2 aromatic carbocycles. The number of fused-ring (bicyclic) bond motifs is 3. The van der Waals surface area contributed by atoms with Gasteiger partial charge >= 0.3 is 236 Å². The molecular formula is C29H36BCeINO4S-. The van der Waals surface area contributed by atoms with Crippen LogP contribution in [0.4, 0.5) is 0 Å². The van der Waals surface area contributed by atoms with Crippen molar-refractivity contribution < 1.29 is 82.2 Å². The molecule has 9 heteroatoms. The Balaban J connectivity index is 0.00000336. The van der Waals surface area contributed by atoms with Crippen LogP contribution in [0.2, 0.25) is 6.32 Å². The fourth-order valence-electron chi connectivity index (χ4n) is 5.17. The summed E-state index contributed by atoms with van der Waals surface area (Å²) >= 11 is 1.63. The molecule has 0 aliphatic carbocycles. The fraction of sp³-hybridized carbons (Fsp3) is 0.448. The van der Waals surface area contributed by atoms with E-state index < -0.39 is 5.79 Å². The van der Waals surface area contributed by atoms with Gasteiger partial charge in [0.05, 0.1) is 0 Å². The Labute approximate surface area is 274 Å². The number of ether oxygens (including phenoxy) is 2. The van der Waals surface area contributed by atoms with Gasteiger partial charge in [-0.2, -0.15) is 0 Å². The zero-order valence-corrected chi connectivity index (χ0v) is 29.0. The van der Waals surface area contributed by atoms with Crippen LogP contribution in [0.15, 0.2) is 41.8 Å². The van der Waals surface area contributed by atoms with Crippen LogP contribution in [0, 0.1) is 51.2 Å². The first-order valence-corrected chi connectivity index (χ1v) is 17.3. The van der Waals surface area contributed by atoms with Crippen molar-refractivity contribution in [3.63, 3.8) is 0 Å². The van der Waals surface area contributed by atoms with Gasteiger partial charge in [0.25, 0.3) is 0 Å². The molecule has 1 aliphatic heterocycles. The molecule has 5 nitrogen and oxygen atoms in total. The average Bonchev–Trinajstić information content (AvgIpc) is 3.53. The first-order chi connectivity index (χ1) is 17.9. The Morgan fingerprint density at radius 2 is 1.92 bits per heavy atom. The number of nitrogens with zero attached hydrogens (tertiary/aromatic N) is 1. The monoisotopic (exact) mass is 772 g/mol. The smallest absolute Gasteiger partial charge is 0 e. The summed E-state index contributed by atoms with van der Waals surface area (Å²) in [6.45, 7) is 8.54. The molecule has 202 valence electrons. The van der Waals surface area contributed by atoms with Gasteiger partial charge < -0.3 is 0 Å². The Morgan fingerprint density at radius 3 is 2.58 bits per heavy atom. The predicted molar refractivity (Wildman–Crippen MR) is 150 cm³/mol. The number of aliphatic hydroxyl groups is 1. The molecule has 2 aromatic heterocycles. The Morgan fingerprint density at radius 1 is 1.18 bits per heavy atom. The SMILES string of the molecule is CCCCc1ccc2c(c1)c1cc([I-]C)ccc1n2-c1csc(B2CC(C)C(C)(O)O2)c1OCOCC.[Ce]. The summed E-state index contributed by atoms with van der Waals surface area (Å²) in [5.41, 5.74) is 4.75. The van der Waals surface area contributed by atoms with E-state index in [-0.39, 0.29) is 82.6 Å². The average molecular weight is 773 g/mol. The van der Waals surface area contributed by atoms with Crippen LogP contribution in [0.25, 0.3) is 27.5 Å². The Hall–Kier alpha value is -0.208. The topological polar surface area (TPSA) is 52.9 Å². The van der Waals surface area contributed by atoms with E-state index in [9.17, 15) is 5.11 Å². The second-order valence-corrected chi connectivity index (χ2v) is 13.2. The van der Waals surface area contributed by atoms with Gasteiger partial charge in [-0.05, 0) is 0 Å². The number of benzene rings is 2. The maximum absolute atomic E-state index is 10.7. The fourth-order valence-corrected chi connectivity index (χ4v) is 7.35. The molecule has 1 fully saturated rings. The molecule has 38 heavy (non-hydrogen) atoms. The van der Waals surface area contributed by atoms with Crippen LogP contribution in [0.1, 0.15) is 46.1 Å². The molecule has 0 saturated carbocycles. The third-order valence-corrected chi connectivity index (χ3v) is 10.4. The first kappa shape index (κ1) is 30.7. The molecule has 1 aliphatic rings. The normalized spacial score (nSPS) is 19.5. The van der Waals surface area contributed by atoms with E-state index in [4.69, 9.17) is 14.1 Å². The van der Waals surface area contributed by atoms with Gasteiger partial charge in [-0.15, -0.1) is 0 Å². The predicted octanol–water partition coefficient (Wildman–Crippen LogP) is 3.02. The molecule has 2 atom stereocenters. The van der Waals surface area contributed by atoms with Crippen LogP contribution >= 0.6 is 11.3 Å². The minimum Gasteiger partial charge on any atom is 0 e. The molecule has 0 spiro atoms. The number of hydrogen-bond donors (Lipinski definition) is 1. The summed E-state index contributed by atoms with van der Waals surface area (Å²) in [7, 11) is 0. The van der Waals surface area contributed by atoms with E-state index >= 15 is 0 Å². The number of unbranched alkanes of at least 4 members (excludes halogenated alkanes) is 1. The molecule has 5 rings (SSSR count). The van der Waals surface area contributed by atoms with E-state index in [1.165, 1.54) is 43.8 Å². The third kappa shape index (κ3) is 6.03. The van der Waals surface area contributed by atoms with Crippen LogP contribution in [-0.2, 0) is 15.8 Å². The van der Waals surface area contributed by atoms with Gasteiger partial charge in [-0.1, -0.05) is 0 Å². The number of thiophene rings is 1.